The van der Waals surface area contributed by atoms with Crippen LogP contribution in [0.2, 0.25) is 0 Å². The van der Waals surface area contributed by atoms with Crippen LogP contribution in [0.15, 0.2) is 0 Å². The Morgan fingerprint density at radius 2 is 2.14 bits per heavy atom. The third-order valence-electron chi connectivity index (χ3n) is 1.54. The number of esters is 1. The zero-order chi connectivity index (χ0) is 11.0. The molecule has 0 fully saturated rings. The first-order chi connectivity index (χ1) is 6.56. The van der Waals surface area contributed by atoms with Crippen LogP contribution in [-0.2, 0) is 14.3 Å². The molecular formula is C8H16N2O4. The summed E-state index contributed by atoms with van der Waals surface area (Å²) in [6, 6.07) is -0.0149. The molecule has 6 heteroatoms. The number of nitrogens with one attached hydrogen (secondary N) is 1. The highest BCUT2D eigenvalue weighted by Crippen LogP contribution is 1.92. The van der Waals surface area contributed by atoms with Gasteiger partial charge in [-0.2, -0.15) is 0 Å². The smallest absolute Gasteiger partial charge is 0.404 e. The largest absolute Gasteiger partial charge is 0.469 e. The molecule has 3 N–H and O–H groups in total. The molecule has 0 aliphatic carbocycles. The van der Waals surface area contributed by atoms with Gasteiger partial charge in [0.25, 0.3) is 0 Å². The van der Waals surface area contributed by atoms with E-state index in [9.17, 15) is 9.59 Å². The number of primary amides is 1. The van der Waals surface area contributed by atoms with Gasteiger partial charge in [-0.3, -0.25) is 4.79 Å². The van der Waals surface area contributed by atoms with E-state index in [4.69, 9.17) is 5.73 Å². The zero-order valence-corrected chi connectivity index (χ0v) is 8.41. The first kappa shape index (κ1) is 12.7. The first-order valence-electron chi connectivity index (χ1n) is 4.28. The maximum atomic E-state index is 10.8. The van der Waals surface area contributed by atoms with Gasteiger partial charge in [0, 0.05) is 12.6 Å². The minimum atomic E-state index is -0.799. The molecule has 0 rings (SSSR count). The number of amides is 1. The van der Waals surface area contributed by atoms with Crippen molar-refractivity contribution in [3.05, 3.63) is 0 Å². The molecule has 0 aromatic carbocycles. The third kappa shape index (κ3) is 7.35. The van der Waals surface area contributed by atoms with Crippen molar-refractivity contribution in [1.29, 1.82) is 0 Å². The average molecular weight is 204 g/mol. The van der Waals surface area contributed by atoms with Crippen LogP contribution in [0.5, 0.6) is 0 Å². The third-order valence-corrected chi connectivity index (χ3v) is 1.54. The number of hydrogen-bond donors (Lipinski definition) is 2. The number of hydrogen-bond acceptors (Lipinski definition) is 5. The van der Waals surface area contributed by atoms with Gasteiger partial charge in [0.1, 0.15) is 6.61 Å². The summed E-state index contributed by atoms with van der Waals surface area (Å²) in [5, 5.41) is 2.97. The quantitative estimate of drug-likeness (QED) is 0.454. The van der Waals surface area contributed by atoms with Crippen molar-refractivity contribution in [3.63, 3.8) is 0 Å². The maximum Gasteiger partial charge on any atom is 0.404 e. The summed E-state index contributed by atoms with van der Waals surface area (Å²) < 4.78 is 8.96. The summed E-state index contributed by atoms with van der Waals surface area (Å²) in [6.45, 7) is 2.49. The minimum absolute atomic E-state index is 0.0149. The number of carbonyl (C=O) groups is 2. The Bertz CT molecular complexity index is 196. The Hall–Kier alpha value is -1.30. The van der Waals surface area contributed by atoms with Crippen molar-refractivity contribution in [2.45, 2.75) is 19.4 Å². The highest BCUT2D eigenvalue weighted by molar-refractivity contribution is 5.69. The lowest BCUT2D eigenvalue weighted by Gasteiger charge is -2.11. The van der Waals surface area contributed by atoms with Gasteiger partial charge in [-0.25, -0.2) is 4.79 Å². The fraction of sp³-hybridized carbons (Fsp3) is 0.750. The molecule has 6 nitrogen and oxygen atoms in total. The van der Waals surface area contributed by atoms with Crippen LogP contribution in [-0.4, -0.2) is 38.4 Å². The summed E-state index contributed by atoms with van der Waals surface area (Å²) in [5.74, 6) is -0.277. The van der Waals surface area contributed by atoms with Crippen molar-refractivity contribution in [1.82, 2.24) is 5.32 Å². The maximum absolute atomic E-state index is 10.8. The highest BCUT2D eigenvalue weighted by Gasteiger charge is 2.07. The zero-order valence-electron chi connectivity index (χ0n) is 8.41. The van der Waals surface area contributed by atoms with Crippen LogP contribution in [0, 0.1) is 0 Å². The Morgan fingerprint density at radius 1 is 1.50 bits per heavy atom. The second kappa shape index (κ2) is 7.14. The average Bonchev–Trinajstić information content (AvgIpc) is 2.12. The highest BCUT2D eigenvalue weighted by atomic mass is 16.5. The topological polar surface area (TPSA) is 90.7 Å². The lowest BCUT2D eigenvalue weighted by molar-refractivity contribution is -0.141. The summed E-state index contributed by atoms with van der Waals surface area (Å²) >= 11 is 0. The monoisotopic (exact) mass is 204 g/mol. The standard InChI is InChI=1S/C8H16N2O4/c1-6(5-7(11)13-2)10-3-4-14-8(9)12/h6,10H,3-5H2,1-2H3,(H2,9,12). The first-order valence-corrected chi connectivity index (χ1v) is 4.28. The SMILES string of the molecule is COC(=O)CC(C)NCCOC(N)=O. The van der Waals surface area contributed by atoms with Crippen LogP contribution in [0.3, 0.4) is 0 Å². The second-order valence-electron chi connectivity index (χ2n) is 2.80. The van der Waals surface area contributed by atoms with E-state index >= 15 is 0 Å². The van der Waals surface area contributed by atoms with Crippen LogP contribution in [0.25, 0.3) is 0 Å². The molecular weight excluding hydrogens is 188 g/mol. The lowest BCUT2D eigenvalue weighted by Crippen LogP contribution is -2.32. The second-order valence-corrected chi connectivity index (χ2v) is 2.80. The van der Waals surface area contributed by atoms with Gasteiger partial charge < -0.3 is 20.5 Å². The van der Waals surface area contributed by atoms with Gasteiger partial charge in [-0.15, -0.1) is 0 Å². The van der Waals surface area contributed by atoms with Crippen molar-refractivity contribution >= 4 is 12.1 Å². The fourth-order valence-electron chi connectivity index (χ4n) is 0.862. The van der Waals surface area contributed by atoms with E-state index in [2.05, 4.69) is 14.8 Å². The van der Waals surface area contributed by atoms with Crippen LogP contribution >= 0.6 is 0 Å². The number of rotatable bonds is 6. The van der Waals surface area contributed by atoms with Crippen molar-refractivity contribution in [3.8, 4) is 0 Å². The number of nitrogens with two attached hydrogens (primary N) is 1. The molecule has 0 spiro atoms. The summed E-state index contributed by atoms with van der Waals surface area (Å²) in [6.07, 6.45) is -0.514. The predicted octanol–water partition coefficient (Wildman–Crippen LogP) is -0.377. The summed E-state index contributed by atoms with van der Waals surface area (Å²) in [7, 11) is 1.34. The number of methoxy groups -OCH3 is 1. The molecule has 1 atom stereocenters. The van der Waals surface area contributed by atoms with E-state index in [0.717, 1.165) is 0 Å². The molecule has 0 saturated heterocycles. The van der Waals surface area contributed by atoms with Gasteiger partial charge in [0.2, 0.25) is 0 Å². The van der Waals surface area contributed by atoms with Crippen molar-refractivity contribution < 1.29 is 19.1 Å². The molecule has 1 unspecified atom stereocenters. The molecule has 0 saturated carbocycles. The Kier molecular flexibility index (Phi) is 6.47. The minimum Gasteiger partial charge on any atom is -0.469 e. The summed E-state index contributed by atoms with van der Waals surface area (Å²) in [4.78, 5) is 21.0. The van der Waals surface area contributed by atoms with E-state index in [1.54, 1.807) is 0 Å². The van der Waals surface area contributed by atoms with Gasteiger partial charge in [0.15, 0.2) is 0 Å². The molecule has 82 valence electrons. The van der Waals surface area contributed by atoms with E-state index in [-0.39, 0.29) is 25.0 Å². The Morgan fingerprint density at radius 3 is 2.64 bits per heavy atom. The van der Waals surface area contributed by atoms with Gasteiger partial charge in [-0.05, 0) is 6.92 Å². The molecule has 0 radical (unpaired) electrons. The molecule has 0 heterocycles. The molecule has 0 bridgehead atoms. The number of ether oxygens (including phenoxy) is 2. The van der Waals surface area contributed by atoms with E-state index in [0.29, 0.717) is 6.54 Å². The van der Waals surface area contributed by atoms with Crippen LogP contribution in [0.4, 0.5) is 4.79 Å². The van der Waals surface area contributed by atoms with E-state index in [1.165, 1.54) is 7.11 Å². The van der Waals surface area contributed by atoms with Crippen LogP contribution in [0.1, 0.15) is 13.3 Å². The lowest BCUT2D eigenvalue weighted by atomic mass is 10.2. The Balaban J connectivity index is 3.39. The summed E-state index contributed by atoms with van der Waals surface area (Å²) in [5.41, 5.74) is 4.75. The van der Waals surface area contributed by atoms with Crippen molar-refractivity contribution in [2.75, 3.05) is 20.3 Å². The predicted molar refractivity (Wildman–Crippen MR) is 49.6 cm³/mol. The van der Waals surface area contributed by atoms with E-state index in [1.807, 2.05) is 6.92 Å². The van der Waals surface area contributed by atoms with Crippen molar-refractivity contribution in [2.24, 2.45) is 5.73 Å². The number of carbonyl (C=O) groups excluding carboxylic acids is 2. The molecule has 0 aliphatic heterocycles. The van der Waals surface area contributed by atoms with E-state index < -0.39 is 6.09 Å². The molecule has 0 aromatic heterocycles. The van der Waals surface area contributed by atoms with Gasteiger partial charge >= 0.3 is 12.1 Å². The van der Waals surface area contributed by atoms with Gasteiger partial charge in [0.05, 0.1) is 13.5 Å². The fourth-order valence-corrected chi connectivity index (χ4v) is 0.862. The molecule has 0 aromatic rings. The van der Waals surface area contributed by atoms with Crippen LogP contribution < -0.4 is 11.1 Å². The molecule has 0 aliphatic rings. The molecule has 14 heavy (non-hydrogen) atoms. The van der Waals surface area contributed by atoms with Gasteiger partial charge in [-0.1, -0.05) is 0 Å². The normalized spacial score (nSPS) is 11.9. The Labute approximate surface area is 82.7 Å². The molecule has 1 amide bonds.